The Morgan fingerprint density at radius 2 is 1.86 bits per heavy atom. The van der Waals surface area contributed by atoms with Gasteiger partial charge in [0.2, 0.25) is 0 Å². The van der Waals surface area contributed by atoms with Gasteiger partial charge < -0.3 is 20.3 Å². The summed E-state index contributed by atoms with van der Waals surface area (Å²) in [6, 6.07) is 13.1. The fraction of sp³-hybridized carbons (Fsp3) is 0.294. The van der Waals surface area contributed by atoms with E-state index >= 15 is 0 Å². The first-order valence-electron chi connectivity index (χ1n) is 7.11. The number of hydrogen-bond donors (Lipinski definition) is 3. The monoisotopic (exact) mass is 287 g/mol. The number of anilines is 1. The van der Waals surface area contributed by atoms with Gasteiger partial charge in [-0.25, -0.2) is 0 Å². The molecule has 4 heteroatoms. The van der Waals surface area contributed by atoms with Crippen molar-refractivity contribution in [2.75, 3.05) is 18.5 Å². The molecular formula is C17H21NO3. The highest BCUT2D eigenvalue weighted by Crippen LogP contribution is 2.24. The number of aliphatic hydroxyl groups is 1. The van der Waals surface area contributed by atoms with Crippen LogP contribution in [-0.4, -0.2) is 23.4 Å². The Morgan fingerprint density at radius 3 is 2.52 bits per heavy atom. The first kappa shape index (κ1) is 15.2. The number of aromatic hydroxyl groups is 1. The minimum atomic E-state index is 0.158. The number of rotatable bonds is 7. The highest BCUT2D eigenvalue weighted by molar-refractivity contribution is 5.47. The second kappa shape index (κ2) is 7.55. The van der Waals surface area contributed by atoms with Crippen LogP contribution >= 0.6 is 0 Å². The molecule has 2 rings (SSSR count). The van der Waals surface area contributed by atoms with E-state index in [1.807, 2.05) is 37.3 Å². The van der Waals surface area contributed by atoms with Crippen molar-refractivity contribution in [3.63, 3.8) is 0 Å². The number of hydrogen-bond acceptors (Lipinski definition) is 4. The Hall–Kier alpha value is -2.20. The van der Waals surface area contributed by atoms with E-state index in [1.165, 1.54) is 0 Å². The lowest BCUT2D eigenvalue weighted by Gasteiger charge is -2.11. The van der Waals surface area contributed by atoms with E-state index in [-0.39, 0.29) is 12.4 Å². The molecule has 0 aliphatic carbocycles. The molecule has 0 atom stereocenters. The zero-order valence-corrected chi connectivity index (χ0v) is 12.2. The van der Waals surface area contributed by atoms with Gasteiger partial charge in [0.1, 0.15) is 11.5 Å². The van der Waals surface area contributed by atoms with E-state index in [9.17, 15) is 5.11 Å². The molecule has 21 heavy (non-hydrogen) atoms. The summed E-state index contributed by atoms with van der Waals surface area (Å²) < 4.78 is 5.43. The van der Waals surface area contributed by atoms with Crippen molar-refractivity contribution in [1.82, 2.24) is 0 Å². The summed E-state index contributed by atoms with van der Waals surface area (Å²) in [5.41, 5.74) is 2.86. The van der Waals surface area contributed by atoms with Crippen LogP contribution < -0.4 is 10.1 Å². The second-order valence-corrected chi connectivity index (χ2v) is 4.75. The lowest BCUT2D eigenvalue weighted by molar-refractivity contribution is 0.299. The van der Waals surface area contributed by atoms with Gasteiger partial charge in [-0.3, -0.25) is 0 Å². The number of nitrogens with one attached hydrogen (secondary N) is 1. The average molecular weight is 287 g/mol. The third-order valence-corrected chi connectivity index (χ3v) is 3.20. The van der Waals surface area contributed by atoms with Crippen LogP contribution in [0.25, 0.3) is 0 Å². The molecule has 0 heterocycles. The number of aliphatic hydroxyl groups excluding tert-OH is 1. The van der Waals surface area contributed by atoms with Gasteiger partial charge in [0.25, 0.3) is 0 Å². The molecule has 0 saturated heterocycles. The number of ether oxygens (including phenoxy) is 1. The standard InChI is InChI=1S/C17H21NO3/c1-2-21-16-7-8-17(20)14(11-16)12-18-15-5-3-13(4-6-15)9-10-19/h3-8,11,18-20H,2,9-10,12H2,1H3. The Labute approximate surface area is 125 Å². The van der Waals surface area contributed by atoms with Crippen molar-refractivity contribution in [3.8, 4) is 11.5 Å². The number of phenolic OH excluding ortho intramolecular Hbond substituents is 1. The molecule has 0 spiro atoms. The number of phenols is 1. The number of benzene rings is 2. The van der Waals surface area contributed by atoms with E-state index in [1.54, 1.807) is 12.1 Å². The maximum Gasteiger partial charge on any atom is 0.120 e. The molecule has 0 saturated carbocycles. The van der Waals surface area contributed by atoms with E-state index in [4.69, 9.17) is 9.84 Å². The summed E-state index contributed by atoms with van der Waals surface area (Å²) >= 11 is 0. The Bertz CT molecular complexity index is 567. The summed E-state index contributed by atoms with van der Waals surface area (Å²) in [5, 5.41) is 22.0. The van der Waals surface area contributed by atoms with Crippen LogP contribution in [0.15, 0.2) is 42.5 Å². The third-order valence-electron chi connectivity index (χ3n) is 3.20. The van der Waals surface area contributed by atoms with Crippen LogP contribution in [0.5, 0.6) is 11.5 Å². The van der Waals surface area contributed by atoms with Crippen molar-refractivity contribution in [2.24, 2.45) is 0 Å². The fourth-order valence-electron chi connectivity index (χ4n) is 2.08. The second-order valence-electron chi connectivity index (χ2n) is 4.75. The van der Waals surface area contributed by atoms with Crippen LogP contribution in [0.2, 0.25) is 0 Å². The van der Waals surface area contributed by atoms with Gasteiger partial charge in [-0.1, -0.05) is 12.1 Å². The lowest BCUT2D eigenvalue weighted by atomic mass is 10.1. The summed E-state index contributed by atoms with van der Waals surface area (Å²) in [6.07, 6.45) is 0.664. The molecule has 0 amide bonds. The molecule has 0 aromatic heterocycles. The van der Waals surface area contributed by atoms with Crippen molar-refractivity contribution >= 4 is 5.69 Å². The van der Waals surface area contributed by atoms with Crippen LogP contribution in [0.3, 0.4) is 0 Å². The van der Waals surface area contributed by atoms with Crippen LogP contribution in [-0.2, 0) is 13.0 Å². The molecule has 3 N–H and O–H groups in total. The van der Waals surface area contributed by atoms with Gasteiger partial charge in [-0.2, -0.15) is 0 Å². The third kappa shape index (κ3) is 4.39. The maximum absolute atomic E-state index is 9.87. The van der Waals surface area contributed by atoms with Gasteiger partial charge in [-0.15, -0.1) is 0 Å². The predicted molar refractivity (Wildman–Crippen MR) is 83.8 cm³/mol. The molecule has 0 bridgehead atoms. The van der Waals surface area contributed by atoms with E-state index in [0.717, 1.165) is 22.6 Å². The van der Waals surface area contributed by atoms with E-state index < -0.39 is 0 Å². The SMILES string of the molecule is CCOc1ccc(O)c(CNc2ccc(CCO)cc2)c1. The van der Waals surface area contributed by atoms with E-state index in [0.29, 0.717) is 19.6 Å². The molecule has 0 aliphatic heterocycles. The first-order chi connectivity index (χ1) is 10.2. The van der Waals surface area contributed by atoms with Crippen molar-refractivity contribution in [2.45, 2.75) is 19.9 Å². The van der Waals surface area contributed by atoms with Crippen molar-refractivity contribution < 1.29 is 14.9 Å². The molecule has 0 aliphatic rings. The Balaban J connectivity index is 2.00. The van der Waals surface area contributed by atoms with Crippen LogP contribution in [0, 0.1) is 0 Å². The summed E-state index contributed by atoms with van der Waals surface area (Å²) in [6.45, 7) is 3.21. The minimum Gasteiger partial charge on any atom is -0.508 e. The van der Waals surface area contributed by atoms with Gasteiger partial charge >= 0.3 is 0 Å². The Kier molecular flexibility index (Phi) is 5.46. The first-order valence-corrected chi connectivity index (χ1v) is 7.11. The minimum absolute atomic E-state index is 0.158. The smallest absolute Gasteiger partial charge is 0.120 e. The normalized spacial score (nSPS) is 10.4. The molecular weight excluding hydrogens is 266 g/mol. The quantitative estimate of drug-likeness (QED) is 0.732. The molecule has 0 unspecified atom stereocenters. The average Bonchev–Trinajstić information content (AvgIpc) is 2.50. The van der Waals surface area contributed by atoms with Crippen molar-refractivity contribution in [1.29, 1.82) is 0 Å². The summed E-state index contributed by atoms with van der Waals surface area (Å²) in [5.74, 6) is 1.01. The van der Waals surface area contributed by atoms with E-state index in [2.05, 4.69) is 5.32 Å². The molecule has 0 radical (unpaired) electrons. The summed E-state index contributed by atoms with van der Waals surface area (Å²) in [4.78, 5) is 0. The van der Waals surface area contributed by atoms with Gasteiger partial charge in [0.05, 0.1) is 6.61 Å². The fourth-order valence-corrected chi connectivity index (χ4v) is 2.08. The van der Waals surface area contributed by atoms with Crippen molar-refractivity contribution in [3.05, 3.63) is 53.6 Å². The molecule has 2 aromatic carbocycles. The summed E-state index contributed by atoms with van der Waals surface area (Å²) in [7, 11) is 0. The van der Waals surface area contributed by atoms with Gasteiger partial charge in [-0.05, 0) is 49.2 Å². The lowest BCUT2D eigenvalue weighted by Crippen LogP contribution is -2.01. The van der Waals surface area contributed by atoms with Gasteiger partial charge in [0, 0.05) is 24.4 Å². The highest BCUT2D eigenvalue weighted by atomic mass is 16.5. The van der Waals surface area contributed by atoms with Crippen LogP contribution in [0.4, 0.5) is 5.69 Å². The maximum atomic E-state index is 9.87. The molecule has 4 nitrogen and oxygen atoms in total. The molecule has 112 valence electrons. The van der Waals surface area contributed by atoms with Gasteiger partial charge in [0.15, 0.2) is 0 Å². The molecule has 0 fully saturated rings. The molecule has 2 aromatic rings. The highest BCUT2D eigenvalue weighted by Gasteiger charge is 2.04. The topological polar surface area (TPSA) is 61.7 Å². The Morgan fingerprint density at radius 1 is 1.10 bits per heavy atom. The van der Waals surface area contributed by atoms with Crippen LogP contribution in [0.1, 0.15) is 18.1 Å². The zero-order valence-electron chi connectivity index (χ0n) is 12.2. The zero-order chi connectivity index (χ0) is 15.1. The largest absolute Gasteiger partial charge is 0.508 e. The predicted octanol–water partition coefficient (Wildman–Crippen LogP) is 2.94.